The van der Waals surface area contributed by atoms with Crippen LogP contribution in [-0.4, -0.2) is 17.5 Å². The number of hydrogen-bond donors (Lipinski definition) is 1. The Bertz CT molecular complexity index is 392. The molecule has 0 saturated heterocycles. The second-order valence-corrected chi connectivity index (χ2v) is 4.55. The van der Waals surface area contributed by atoms with Crippen LogP contribution in [0.25, 0.3) is 0 Å². The van der Waals surface area contributed by atoms with Gasteiger partial charge in [0.15, 0.2) is 0 Å². The van der Waals surface area contributed by atoms with Crippen LogP contribution < -0.4 is 10.8 Å². The first-order valence-corrected chi connectivity index (χ1v) is 5.48. The van der Waals surface area contributed by atoms with E-state index in [2.05, 4.69) is 5.73 Å². The number of rotatable bonds is 4. The number of carbonyl (C=O) groups is 1. The molecule has 0 aliphatic heterocycles. The summed E-state index contributed by atoms with van der Waals surface area (Å²) in [6.07, 6.45) is 0.138. The van der Waals surface area contributed by atoms with Gasteiger partial charge < -0.3 is 15.6 Å². The predicted molar refractivity (Wildman–Crippen MR) is 53.7 cm³/mol. The highest BCUT2D eigenvalue weighted by Gasteiger charge is 2.29. The molecule has 0 aliphatic rings. The van der Waals surface area contributed by atoms with Gasteiger partial charge in [0.05, 0.1) is 5.97 Å². The van der Waals surface area contributed by atoms with Crippen molar-refractivity contribution in [2.24, 2.45) is 0 Å². The van der Waals surface area contributed by atoms with E-state index >= 15 is 0 Å². The number of benzene rings is 1. The van der Waals surface area contributed by atoms with Gasteiger partial charge in [-0.05, 0) is 29.5 Å². The van der Waals surface area contributed by atoms with E-state index in [9.17, 15) is 23.1 Å². The first-order chi connectivity index (χ1) is 7.78. The zero-order chi connectivity index (χ0) is 13.1. The average molecular weight is 265 g/mol. The van der Waals surface area contributed by atoms with Gasteiger partial charge in [-0.25, -0.2) is 0 Å². The Kier molecular flexibility index (Phi) is 4.41. The van der Waals surface area contributed by atoms with Crippen LogP contribution in [0.15, 0.2) is 29.2 Å². The minimum atomic E-state index is -4.32. The predicted octanol–water partition coefficient (Wildman–Crippen LogP) is 0.201. The zero-order valence-corrected chi connectivity index (χ0v) is 9.48. The molecule has 0 radical (unpaired) electrons. The highest BCUT2D eigenvalue weighted by atomic mass is 32.2. The first kappa shape index (κ1) is 13.9. The molecular formula is C10H10F3NO2S. The molecule has 0 heterocycles. The molecular weight excluding hydrogens is 255 g/mol. The van der Waals surface area contributed by atoms with Gasteiger partial charge in [-0.3, -0.25) is 0 Å². The number of carboxylic acid groups (broad SMARTS) is 1. The summed E-state index contributed by atoms with van der Waals surface area (Å²) in [5.74, 6) is -1.28. The van der Waals surface area contributed by atoms with Crippen molar-refractivity contribution in [2.45, 2.75) is 22.9 Å². The summed E-state index contributed by atoms with van der Waals surface area (Å²) in [5, 5.41) is 10.4. The molecule has 1 atom stereocenters. The van der Waals surface area contributed by atoms with E-state index in [1.807, 2.05) is 0 Å². The SMILES string of the molecule is [NH3+][C@@H](Cc1ccc(SC(F)(F)F)cc1)C(=O)[O-]. The third-order valence-electron chi connectivity index (χ3n) is 1.97. The number of thioether (sulfide) groups is 1. The minimum Gasteiger partial charge on any atom is -0.544 e. The summed E-state index contributed by atoms with van der Waals surface area (Å²) in [6, 6.07) is 4.60. The molecule has 0 amide bonds. The molecule has 1 rings (SSSR count). The third-order valence-corrected chi connectivity index (χ3v) is 2.71. The summed E-state index contributed by atoms with van der Waals surface area (Å²) < 4.78 is 36.1. The Balaban J connectivity index is 2.65. The standard InChI is InChI=1S/C10H10F3NO2S/c11-10(12,13)17-7-3-1-6(2-4-7)5-8(14)9(15)16/h1-4,8H,5,14H2,(H,15,16)/t8-/m0/s1. The van der Waals surface area contributed by atoms with Crippen molar-refractivity contribution >= 4 is 17.7 Å². The number of alkyl halides is 3. The normalized spacial score (nSPS) is 13.4. The quantitative estimate of drug-likeness (QED) is 0.791. The Hall–Kier alpha value is -1.21. The Morgan fingerprint density at radius 2 is 1.88 bits per heavy atom. The lowest BCUT2D eigenvalue weighted by molar-refractivity contribution is -0.437. The fraction of sp³-hybridized carbons (Fsp3) is 0.300. The molecule has 1 aromatic rings. The van der Waals surface area contributed by atoms with Crippen molar-refractivity contribution in [3.8, 4) is 0 Å². The van der Waals surface area contributed by atoms with Crippen LogP contribution in [0.3, 0.4) is 0 Å². The fourth-order valence-corrected chi connectivity index (χ4v) is 1.73. The summed E-state index contributed by atoms with van der Waals surface area (Å²) in [4.78, 5) is 10.5. The van der Waals surface area contributed by atoms with Gasteiger partial charge in [-0.1, -0.05) is 12.1 Å². The highest BCUT2D eigenvalue weighted by Crippen LogP contribution is 2.36. The van der Waals surface area contributed by atoms with Gasteiger partial charge in [0, 0.05) is 11.3 Å². The van der Waals surface area contributed by atoms with Crippen LogP contribution in [0.2, 0.25) is 0 Å². The van der Waals surface area contributed by atoms with Crippen molar-refractivity contribution in [3.05, 3.63) is 29.8 Å². The van der Waals surface area contributed by atoms with E-state index in [0.29, 0.717) is 5.56 Å². The van der Waals surface area contributed by atoms with Gasteiger partial charge in [0.25, 0.3) is 0 Å². The summed E-state index contributed by atoms with van der Waals surface area (Å²) in [6.45, 7) is 0. The zero-order valence-electron chi connectivity index (χ0n) is 8.66. The summed E-state index contributed by atoms with van der Waals surface area (Å²) >= 11 is -0.210. The van der Waals surface area contributed by atoms with Crippen molar-refractivity contribution in [1.82, 2.24) is 0 Å². The molecule has 0 aliphatic carbocycles. The van der Waals surface area contributed by atoms with E-state index in [1.165, 1.54) is 24.3 Å². The van der Waals surface area contributed by atoms with Gasteiger partial charge in [-0.15, -0.1) is 0 Å². The monoisotopic (exact) mass is 265 g/mol. The fourth-order valence-electron chi connectivity index (χ4n) is 1.20. The minimum absolute atomic E-state index is 0.0651. The lowest BCUT2D eigenvalue weighted by Gasteiger charge is -2.10. The maximum Gasteiger partial charge on any atom is 0.446 e. The summed E-state index contributed by atoms with van der Waals surface area (Å²) in [5.41, 5.74) is -0.339. The molecule has 3 nitrogen and oxygen atoms in total. The van der Waals surface area contributed by atoms with Crippen LogP contribution >= 0.6 is 11.8 Å². The van der Waals surface area contributed by atoms with Crippen molar-refractivity contribution in [1.29, 1.82) is 0 Å². The maximum absolute atomic E-state index is 12.0. The topological polar surface area (TPSA) is 67.8 Å². The Morgan fingerprint density at radius 1 is 1.35 bits per heavy atom. The van der Waals surface area contributed by atoms with Crippen LogP contribution in [0, 0.1) is 0 Å². The smallest absolute Gasteiger partial charge is 0.446 e. The Morgan fingerprint density at radius 3 is 2.29 bits per heavy atom. The van der Waals surface area contributed by atoms with Gasteiger partial charge in [0.2, 0.25) is 0 Å². The lowest BCUT2D eigenvalue weighted by Crippen LogP contribution is -2.69. The van der Waals surface area contributed by atoms with Crippen LogP contribution in [0.1, 0.15) is 5.56 Å². The average Bonchev–Trinajstić information content (AvgIpc) is 2.18. The van der Waals surface area contributed by atoms with Gasteiger partial charge in [-0.2, -0.15) is 13.2 Å². The number of carboxylic acids is 1. The molecule has 0 spiro atoms. The van der Waals surface area contributed by atoms with Crippen LogP contribution in [0.5, 0.6) is 0 Å². The largest absolute Gasteiger partial charge is 0.544 e. The number of quaternary nitrogens is 1. The number of halogens is 3. The molecule has 3 N–H and O–H groups in total. The Labute approximate surface area is 99.8 Å². The maximum atomic E-state index is 12.0. The molecule has 17 heavy (non-hydrogen) atoms. The highest BCUT2D eigenvalue weighted by molar-refractivity contribution is 8.00. The third kappa shape index (κ3) is 5.10. The number of aliphatic carboxylic acids is 1. The van der Waals surface area contributed by atoms with Crippen molar-refractivity contribution in [3.63, 3.8) is 0 Å². The van der Waals surface area contributed by atoms with Crippen LogP contribution in [0.4, 0.5) is 13.2 Å². The van der Waals surface area contributed by atoms with E-state index in [4.69, 9.17) is 0 Å². The molecule has 0 fully saturated rings. The molecule has 7 heteroatoms. The summed E-state index contributed by atoms with van der Waals surface area (Å²) in [7, 11) is 0. The van der Waals surface area contributed by atoms with E-state index < -0.39 is 17.5 Å². The first-order valence-electron chi connectivity index (χ1n) is 4.66. The van der Waals surface area contributed by atoms with Gasteiger partial charge in [0.1, 0.15) is 6.04 Å². The van der Waals surface area contributed by atoms with Crippen molar-refractivity contribution < 1.29 is 28.8 Å². The molecule has 0 saturated carbocycles. The lowest BCUT2D eigenvalue weighted by atomic mass is 10.1. The van der Waals surface area contributed by atoms with E-state index in [0.717, 1.165) is 0 Å². The van der Waals surface area contributed by atoms with Gasteiger partial charge >= 0.3 is 5.51 Å². The van der Waals surface area contributed by atoms with E-state index in [1.54, 1.807) is 0 Å². The molecule has 0 aromatic heterocycles. The molecule has 0 unspecified atom stereocenters. The number of hydrogen-bond acceptors (Lipinski definition) is 3. The molecule has 0 bridgehead atoms. The second kappa shape index (κ2) is 5.42. The number of carbonyl (C=O) groups excluding carboxylic acids is 1. The molecule has 1 aromatic carbocycles. The van der Waals surface area contributed by atoms with Crippen molar-refractivity contribution in [2.75, 3.05) is 0 Å². The molecule has 94 valence electrons. The van der Waals surface area contributed by atoms with Crippen LogP contribution in [-0.2, 0) is 11.2 Å². The second-order valence-electron chi connectivity index (χ2n) is 3.41. The van der Waals surface area contributed by atoms with E-state index in [-0.39, 0.29) is 23.1 Å².